The lowest BCUT2D eigenvalue weighted by molar-refractivity contribution is -0.438. The minimum absolute atomic E-state index is 0.120. The van der Waals surface area contributed by atoms with Gasteiger partial charge in [0.15, 0.2) is 5.71 Å². The van der Waals surface area contributed by atoms with E-state index < -0.39 is 102 Å². The van der Waals surface area contributed by atoms with Crippen molar-refractivity contribution in [2.45, 2.75) is 69.1 Å². The van der Waals surface area contributed by atoms with Crippen LogP contribution in [0.1, 0.15) is 64.5 Å². The van der Waals surface area contributed by atoms with Gasteiger partial charge < -0.3 is 9.08 Å². The molecule has 6 N–H and O–H groups in total. The second-order valence-corrected chi connectivity index (χ2v) is 24.4. The summed E-state index contributed by atoms with van der Waals surface area (Å²) in [5.41, 5.74) is 2.45. The van der Waals surface area contributed by atoms with Crippen LogP contribution in [0.3, 0.4) is 0 Å². The third-order valence-corrected chi connectivity index (χ3v) is 15.3. The first-order valence-electron chi connectivity index (χ1n) is 18.7. The second-order valence-electron chi connectivity index (χ2n) is 15.4. The molecule has 26 heteroatoms. The number of hydrogen-bond donors (Lipinski definition) is 6. The van der Waals surface area contributed by atoms with Crippen molar-refractivity contribution in [1.82, 2.24) is 9.44 Å². The molecule has 0 saturated heterocycles. The third-order valence-electron chi connectivity index (χ3n) is 10.0. The molecule has 0 radical (unpaired) electrons. The van der Waals surface area contributed by atoms with E-state index in [4.69, 9.17) is 13.3 Å². The van der Waals surface area contributed by atoms with Crippen LogP contribution in [0.15, 0.2) is 65.2 Å². The van der Waals surface area contributed by atoms with Crippen molar-refractivity contribution in [3.05, 3.63) is 71.5 Å². The van der Waals surface area contributed by atoms with Gasteiger partial charge in [0.25, 0.3) is 51.7 Å². The van der Waals surface area contributed by atoms with Gasteiger partial charge in [-0.25, -0.2) is 17.9 Å². The summed E-state index contributed by atoms with van der Waals surface area (Å²) in [5, 5.41) is 0. The highest BCUT2D eigenvalue weighted by Gasteiger charge is 2.45. The highest BCUT2D eigenvalue weighted by molar-refractivity contribution is 7.89. The average Bonchev–Trinajstić information content (AvgIpc) is 3.44. The number of allylic oxidation sites excluding steroid dienone is 4. The summed E-state index contributed by atoms with van der Waals surface area (Å²) in [4.78, 5) is 1.75. The molecule has 0 aromatic heterocycles. The monoisotopic (exact) mass is 975 g/mol. The fourth-order valence-corrected chi connectivity index (χ4v) is 10.9. The molecule has 0 saturated carbocycles. The van der Waals surface area contributed by atoms with E-state index in [9.17, 15) is 55.4 Å². The first-order valence-corrected chi connectivity index (χ1v) is 27.7. The van der Waals surface area contributed by atoms with Crippen LogP contribution in [0.4, 0.5) is 11.4 Å². The van der Waals surface area contributed by atoms with Crippen LogP contribution in [0.5, 0.6) is 5.75 Å². The number of benzene rings is 2. The zero-order chi connectivity index (χ0) is 45.8. The lowest BCUT2D eigenvalue weighted by atomic mass is 9.81. The average molecular weight is 976 g/mol. The Balaban J connectivity index is 1.73. The molecule has 342 valence electrons. The molecule has 1 unspecified atom stereocenters. The largest absolute Gasteiger partial charge is 0.389 e. The molecule has 4 rings (SSSR count). The summed E-state index contributed by atoms with van der Waals surface area (Å²) in [6, 6.07) is 9.31. The lowest BCUT2D eigenvalue weighted by Crippen LogP contribution is -2.29. The number of anilines is 1. The Morgan fingerprint density at radius 2 is 1.31 bits per heavy atom. The van der Waals surface area contributed by atoms with Crippen molar-refractivity contribution in [3.8, 4) is 5.75 Å². The van der Waals surface area contributed by atoms with Gasteiger partial charge in [0, 0.05) is 60.6 Å². The van der Waals surface area contributed by atoms with Crippen LogP contribution in [0.25, 0.3) is 0 Å². The molecule has 0 spiro atoms. The van der Waals surface area contributed by atoms with Crippen molar-refractivity contribution < 1.29 is 73.3 Å². The predicted molar refractivity (Wildman–Crippen MR) is 229 cm³/mol. The second kappa shape index (κ2) is 19.3. The van der Waals surface area contributed by atoms with Crippen molar-refractivity contribution in [2.75, 3.05) is 54.1 Å². The van der Waals surface area contributed by atoms with E-state index in [2.05, 4.69) is 9.44 Å². The molecular weight excluding hydrogens is 925 g/mol. The standard InChI is InChI=1S/C35H50N4O16S6/c1-34(2)28-24-26(55-56(40)36-16-22-59(47,48)49)12-14-30(28)38(18-5-7-20-57(41,42)43)32(34)10-9-11-33-35(3,4)29-25-27(61(53,54)37-17-23-60(50,51)52)13-15-31(29)39(33)19-6-8-21-58(44,45)46/h9-15,24-25,36-37H,5-8,16-23H2,1-4H3,(H3-,41,42,43,44,45,46,47,48,49,50,51,52)/p+1. The Morgan fingerprint density at radius 1 is 0.721 bits per heavy atom. The van der Waals surface area contributed by atoms with Crippen LogP contribution in [0, 0.1) is 0 Å². The maximum Gasteiger partial charge on any atom is 0.288 e. The van der Waals surface area contributed by atoms with Gasteiger partial charge in [-0.2, -0.15) is 42.5 Å². The summed E-state index contributed by atoms with van der Waals surface area (Å²) in [5.74, 6) is -2.27. The molecule has 61 heavy (non-hydrogen) atoms. The Bertz CT molecular complexity index is 2680. The van der Waals surface area contributed by atoms with Crippen LogP contribution in [-0.4, -0.2) is 124 Å². The Hall–Kier alpha value is -3.15. The molecule has 0 aliphatic carbocycles. The maximum absolute atomic E-state index is 13.2. The number of nitrogens with one attached hydrogen (secondary N) is 2. The normalized spacial score (nSPS) is 17.9. The van der Waals surface area contributed by atoms with Gasteiger partial charge in [-0.3, -0.25) is 18.2 Å². The van der Waals surface area contributed by atoms with Gasteiger partial charge in [-0.15, -0.1) is 0 Å². The minimum atomic E-state index is -4.44. The first-order chi connectivity index (χ1) is 27.9. The molecule has 20 nitrogen and oxygen atoms in total. The summed E-state index contributed by atoms with van der Waals surface area (Å²) in [6.45, 7) is 7.23. The number of unbranched alkanes of at least 4 members (excludes halogenated alkanes) is 2. The lowest BCUT2D eigenvalue weighted by Gasteiger charge is -2.27. The molecule has 0 bridgehead atoms. The van der Waals surface area contributed by atoms with Crippen LogP contribution in [-0.2, 0) is 72.6 Å². The molecular formula is C35H51N4O16S6+. The third kappa shape index (κ3) is 14.2. The highest BCUT2D eigenvalue weighted by atomic mass is 32.2. The summed E-state index contributed by atoms with van der Waals surface area (Å²) >= 11 is -2.18. The van der Waals surface area contributed by atoms with Crippen LogP contribution >= 0.6 is 0 Å². The number of rotatable bonds is 23. The van der Waals surface area contributed by atoms with Gasteiger partial charge >= 0.3 is 0 Å². The zero-order valence-corrected chi connectivity index (χ0v) is 38.6. The summed E-state index contributed by atoms with van der Waals surface area (Å²) in [7, 11) is -21.4. The number of nitrogens with zero attached hydrogens (tertiary/aromatic N) is 2. The fraction of sp³-hybridized carbons (Fsp3) is 0.514. The SMILES string of the molecule is CC1(C)C(/C=C/C=C2\N(CCCCS(=O)(=O)O)c3ccc(S(=O)(=O)NCCS(=O)(=O)O)cc3C2(C)C)=[N+](CCCCS(=O)(=O)O)c2ccc(OS(=O)NCCS(=O)(=O)O)cc21. The van der Waals surface area contributed by atoms with Crippen LogP contribution in [0.2, 0.25) is 0 Å². The molecule has 2 aromatic rings. The van der Waals surface area contributed by atoms with E-state index >= 15 is 0 Å². The van der Waals surface area contributed by atoms with Crippen molar-refractivity contribution >= 4 is 78.8 Å². The summed E-state index contributed by atoms with van der Waals surface area (Å²) < 4.78 is 178. The predicted octanol–water partition coefficient (Wildman–Crippen LogP) is 2.24. The smallest absolute Gasteiger partial charge is 0.288 e. The van der Waals surface area contributed by atoms with Gasteiger partial charge in [0.1, 0.15) is 12.3 Å². The van der Waals surface area contributed by atoms with E-state index in [0.29, 0.717) is 36.3 Å². The number of hydrogen-bond acceptors (Lipinski definition) is 13. The molecule has 2 heterocycles. The number of sulfonamides is 1. The molecule has 2 aliphatic heterocycles. The van der Waals surface area contributed by atoms with E-state index in [1.165, 1.54) is 12.1 Å². The number of fused-ring (bicyclic) bond motifs is 2. The van der Waals surface area contributed by atoms with E-state index in [1.54, 1.807) is 30.3 Å². The fourth-order valence-electron chi connectivity index (χ4n) is 7.11. The first kappa shape index (κ1) is 50.5. The van der Waals surface area contributed by atoms with Crippen molar-refractivity contribution in [1.29, 1.82) is 0 Å². The van der Waals surface area contributed by atoms with Gasteiger partial charge in [-0.1, -0.05) is 19.9 Å². The Morgan fingerprint density at radius 3 is 1.92 bits per heavy atom. The zero-order valence-electron chi connectivity index (χ0n) is 33.7. The van der Waals surface area contributed by atoms with Crippen molar-refractivity contribution in [2.24, 2.45) is 0 Å². The molecule has 2 aromatic carbocycles. The highest BCUT2D eigenvalue weighted by Crippen LogP contribution is 2.49. The summed E-state index contributed by atoms with van der Waals surface area (Å²) in [6.07, 6.45) is 6.38. The molecule has 0 amide bonds. The molecule has 2 aliphatic rings. The minimum Gasteiger partial charge on any atom is -0.389 e. The van der Waals surface area contributed by atoms with E-state index in [1.807, 2.05) is 49.3 Å². The quantitative estimate of drug-likeness (QED) is 0.0528. The maximum atomic E-state index is 13.2. The van der Waals surface area contributed by atoms with Crippen molar-refractivity contribution in [3.63, 3.8) is 0 Å². The topological polar surface area (TPSA) is 308 Å². The van der Waals surface area contributed by atoms with Gasteiger partial charge in [0.05, 0.1) is 33.3 Å². The molecule has 1 atom stereocenters. The van der Waals surface area contributed by atoms with Gasteiger partial charge in [0.2, 0.25) is 15.7 Å². The Kier molecular flexibility index (Phi) is 16.0. The van der Waals surface area contributed by atoms with Crippen LogP contribution < -0.4 is 18.5 Å². The Labute approximate surface area is 360 Å². The molecule has 0 fully saturated rings. The van der Waals surface area contributed by atoms with Gasteiger partial charge in [-0.05, 0) is 75.1 Å². The van der Waals surface area contributed by atoms with E-state index in [-0.39, 0.29) is 36.6 Å². The van der Waals surface area contributed by atoms with E-state index in [0.717, 1.165) is 17.0 Å².